The van der Waals surface area contributed by atoms with Gasteiger partial charge in [0.2, 0.25) is 10.0 Å². The highest BCUT2D eigenvalue weighted by Gasteiger charge is 2.28. The molecule has 28 heavy (non-hydrogen) atoms. The molecule has 0 atom stereocenters. The van der Waals surface area contributed by atoms with Gasteiger partial charge in [-0.1, -0.05) is 26.7 Å². The SMILES string of the molecule is CCCCN(CCCC)S(=O)(=O)c1ccc(-n2oc(C)cc2=O)c([N+](=O)[O-])c1. The van der Waals surface area contributed by atoms with Crippen LogP contribution in [-0.2, 0) is 10.0 Å². The predicted octanol–water partition coefficient (Wildman–Crippen LogP) is 3.24. The molecule has 154 valence electrons. The molecule has 0 aliphatic carbocycles. The van der Waals surface area contributed by atoms with E-state index in [9.17, 15) is 23.3 Å². The number of aromatic nitrogens is 1. The average molecular weight is 411 g/mol. The molecule has 0 N–H and O–H groups in total. The molecule has 0 aliphatic heterocycles. The van der Waals surface area contributed by atoms with Crippen LogP contribution >= 0.6 is 0 Å². The van der Waals surface area contributed by atoms with Gasteiger partial charge in [0.05, 0.1) is 9.82 Å². The molecule has 0 bridgehead atoms. The lowest BCUT2D eigenvalue weighted by Crippen LogP contribution is -2.33. The second-order valence-electron chi connectivity index (χ2n) is 6.50. The molecule has 0 aliphatic rings. The van der Waals surface area contributed by atoms with Gasteiger partial charge in [-0.15, -0.1) is 4.74 Å². The van der Waals surface area contributed by atoms with Crippen LogP contribution in [0.2, 0.25) is 0 Å². The van der Waals surface area contributed by atoms with Gasteiger partial charge in [-0.2, -0.15) is 4.31 Å². The van der Waals surface area contributed by atoms with E-state index in [0.29, 0.717) is 31.7 Å². The smallest absolute Gasteiger partial charge is 0.297 e. The second kappa shape index (κ2) is 9.16. The Morgan fingerprint density at radius 3 is 2.21 bits per heavy atom. The van der Waals surface area contributed by atoms with Crippen molar-refractivity contribution in [2.75, 3.05) is 13.1 Å². The minimum atomic E-state index is -3.89. The number of nitrogens with zero attached hydrogens (tertiary/aromatic N) is 3. The summed E-state index contributed by atoms with van der Waals surface area (Å²) in [5, 5.41) is 11.5. The van der Waals surface area contributed by atoms with Crippen molar-refractivity contribution in [3.05, 3.63) is 50.5 Å². The largest absolute Gasteiger partial charge is 0.376 e. The van der Waals surface area contributed by atoms with E-state index >= 15 is 0 Å². The molecule has 9 nitrogen and oxygen atoms in total. The molecule has 0 fully saturated rings. The van der Waals surface area contributed by atoms with Crippen molar-refractivity contribution in [1.29, 1.82) is 0 Å². The zero-order chi connectivity index (χ0) is 20.9. The minimum absolute atomic E-state index is 0.115. The van der Waals surface area contributed by atoms with Gasteiger partial charge in [-0.3, -0.25) is 14.9 Å². The maximum absolute atomic E-state index is 13.0. The molecule has 0 spiro atoms. The van der Waals surface area contributed by atoms with Crippen molar-refractivity contribution in [3.63, 3.8) is 0 Å². The van der Waals surface area contributed by atoms with E-state index < -0.39 is 26.2 Å². The lowest BCUT2D eigenvalue weighted by molar-refractivity contribution is -0.385. The fourth-order valence-electron chi connectivity index (χ4n) is 2.77. The first-order valence-corrected chi connectivity index (χ1v) is 10.6. The van der Waals surface area contributed by atoms with Gasteiger partial charge in [0, 0.05) is 25.2 Å². The van der Waals surface area contributed by atoms with Crippen LogP contribution < -0.4 is 5.56 Å². The Labute approximate surface area is 163 Å². The lowest BCUT2D eigenvalue weighted by Gasteiger charge is -2.22. The summed E-state index contributed by atoms with van der Waals surface area (Å²) in [7, 11) is -3.89. The number of hydrogen-bond acceptors (Lipinski definition) is 6. The third-order valence-electron chi connectivity index (χ3n) is 4.28. The third-order valence-corrected chi connectivity index (χ3v) is 6.18. The highest BCUT2D eigenvalue weighted by atomic mass is 32.2. The van der Waals surface area contributed by atoms with Gasteiger partial charge in [0.15, 0.2) is 5.69 Å². The van der Waals surface area contributed by atoms with Crippen LogP contribution in [0.25, 0.3) is 5.69 Å². The normalized spacial score (nSPS) is 11.9. The van der Waals surface area contributed by atoms with Gasteiger partial charge < -0.3 is 4.52 Å². The molecule has 2 aromatic rings. The van der Waals surface area contributed by atoms with E-state index in [2.05, 4.69) is 0 Å². The Morgan fingerprint density at radius 2 is 1.75 bits per heavy atom. The van der Waals surface area contributed by atoms with E-state index in [0.717, 1.165) is 23.6 Å². The number of nitro groups is 1. The van der Waals surface area contributed by atoms with Crippen LogP contribution in [0, 0.1) is 17.0 Å². The summed E-state index contributed by atoms with van der Waals surface area (Å²) in [4.78, 5) is 22.6. The molecule has 1 heterocycles. The summed E-state index contributed by atoms with van der Waals surface area (Å²) < 4.78 is 33.5. The maximum atomic E-state index is 13.0. The molecule has 0 saturated heterocycles. The van der Waals surface area contributed by atoms with Crippen LogP contribution in [0.3, 0.4) is 0 Å². The van der Waals surface area contributed by atoms with Crippen molar-refractivity contribution < 1.29 is 17.9 Å². The van der Waals surface area contributed by atoms with Gasteiger partial charge in [-0.05, 0) is 31.9 Å². The number of hydrogen-bond donors (Lipinski definition) is 0. The van der Waals surface area contributed by atoms with E-state index in [4.69, 9.17) is 4.52 Å². The highest BCUT2D eigenvalue weighted by Crippen LogP contribution is 2.28. The Morgan fingerprint density at radius 1 is 1.14 bits per heavy atom. The number of aryl methyl sites for hydroxylation is 1. The first-order valence-electron chi connectivity index (χ1n) is 9.21. The maximum Gasteiger partial charge on any atom is 0.297 e. The average Bonchev–Trinajstić information content (AvgIpc) is 2.99. The van der Waals surface area contributed by atoms with Gasteiger partial charge in [0.1, 0.15) is 5.76 Å². The quantitative estimate of drug-likeness (QED) is 0.438. The summed E-state index contributed by atoms with van der Waals surface area (Å²) in [6, 6.07) is 4.69. The standard InChI is InChI=1S/C18H25N3O6S/c1-4-6-10-19(11-7-5-2)28(25,26)15-8-9-16(17(13-15)21(23)24)20-18(22)12-14(3)27-20/h8-9,12-13H,4-7,10-11H2,1-3H3. The lowest BCUT2D eigenvalue weighted by atomic mass is 10.2. The molecule has 2 rings (SSSR count). The van der Waals surface area contributed by atoms with Crippen molar-refractivity contribution in [2.24, 2.45) is 0 Å². The molecule has 1 aromatic carbocycles. The Bertz CT molecular complexity index is 985. The highest BCUT2D eigenvalue weighted by molar-refractivity contribution is 7.89. The number of sulfonamides is 1. The van der Waals surface area contributed by atoms with Crippen LogP contribution in [0.1, 0.15) is 45.3 Å². The summed E-state index contributed by atoms with van der Waals surface area (Å²) in [6.45, 7) is 6.18. The molecule has 10 heteroatoms. The Balaban J connectivity index is 2.53. The minimum Gasteiger partial charge on any atom is -0.376 e. The van der Waals surface area contributed by atoms with E-state index in [1.807, 2.05) is 13.8 Å². The first kappa shape index (κ1) is 21.8. The number of rotatable bonds is 10. The van der Waals surface area contributed by atoms with Gasteiger partial charge >= 0.3 is 0 Å². The van der Waals surface area contributed by atoms with Crippen molar-refractivity contribution in [2.45, 2.75) is 51.3 Å². The van der Waals surface area contributed by atoms with E-state index in [-0.39, 0.29) is 10.6 Å². The van der Waals surface area contributed by atoms with Crippen molar-refractivity contribution in [3.8, 4) is 5.69 Å². The van der Waals surface area contributed by atoms with Crippen LogP contribution in [0.5, 0.6) is 0 Å². The number of benzene rings is 1. The summed E-state index contributed by atoms with van der Waals surface area (Å²) in [5.74, 6) is 0.293. The topological polar surface area (TPSA) is 116 Å². The van der Waals surface area contributed by atoms with E-state index in [1.54, 1.807) is 6.92 Å². The van der Waals surface area contributed by atoms with E-state index in [1.165, 1.54) is 22.5 Å². The Hall–Kier alpha value is -2.46. The predicted molar refractivity (Wildman–Crippen MR) is 104 cm³/mol. The number of unbranched alkanes of at least 4 members (excludes halogenated alkanes) is 2. The fourth-order valence-corrected chi connectivity index (χ4v) is 4.31. The van der Waals surface area contributed by atoms with Crippen molar-refractivity contribution >= 4 is 15.7 Å². The van der Waals surface area contributed by atoms with Crippen LogP contribution in [0.4, 0.5) is 5.69 Å². The Kier molecular flexibility index (Phi) is 7.14. The number of nitro benzene ring substituents is 1. The molecule has 0 radical (unpaired) electrons. The fraction of sp³-hybridized carbons (Fsp3) is 0.500. The summed E-state index contributed by atoms with van der Waals surface area (Å²) in [5.41, 5.74) is -1.19. The van der Waals surface area contributed by atoms with Crippen molar-refractivity contribution in [1.82, 2.24) is 9.05 Å². The molecular formula is C18H25N3O6S. The van der Waals surface area contributed by atoms with Crippen LogP contribution in [-0.4, -0.2) is 35.5 Å². The molecule has 0 amide bonds. The van der Waals surface area contributed by atoms with Gasteiger partial charge in [-0.25, -0.2) is 8.42 Å². The summed E-state index contributed by atoms with van der Waals surface area (Å²) in [6.07, 6.45) is 3.06. The molecule has 0 saturated carbocycles. The summed E-state index contributed by atoms with van der Waals surface area (Å²) >= 11 is 0. The zero-order valence-corrected chi connectivity index (χ0v) is 17.1. The second-order valence-corrected chi connectivity index (χ2v) is 8.44. The first-order chi connectivity index (χ1) is 13.2. The third kappa shape index (κ3) is 4.68. The molecular weight excluding hydrogens is 386 g/mol. The molecule has 1 aromatic heterocycles. The van der Waals surface area contributed by atoms with Gasteiger partial charge in [0.25, 0.3) is 11.2 Å². The van der Waals surface area contributed by atoms with Crippen LogP contribution in [0.15, 0.2) is 38.5 Å². The monoisotopic (exact) mass is 411 g/mol. The zero-order valence-electron chi connectivity index (χ0n) is 16.3. The molecule has 0 unspecified atom stereocenters.